The van der Waals surface area contributed by atoms with E-state index in [9.17, 15) is 60.8 Å². The smallest absolute Gasteiger partial charge is 0.311 e. The highest BCUT2D eigenvalue weighted by atomic mass is 16.8. The molecule has 0 spiro atoms. The molecule has 32 heteroatoms. The van der Waals surface area contributed by atoms with Crippen LogP contribution in [0, 0.1) is 47.3 Å². The Hall–Kier alpha value is -3.08. The molecule has 6 aliphatic heterocycles. The second kappa shape index (κ2) is 40.6. The van der Waals surface area contributed by atoms with Crippen molar-refractivity contribution in [2.24, 2.45) is 57.7 Å². The van der Waals surface area contributed by atoms with Crippen molar-refractivity contribution in [1.29, 1.82) is 0 Å². The van der Waals surface area contributed by atoms with Gasteiger partial charge in [-0.25, -0.2) is 0 Å². The molecule has 0 radical (unpaired) electrons. The van der Waals surface area contributed by atoms with Gasteiger partial charge < -0.3 is 127 Å². The lowest BCUT2D eigenvalue weighted by atomic mass is 9.73. The van der Waals surface area contributed by atoms with E-state index in [4.69, 9.17) is 75.9 Å². The zero-order chi connectivity index (χ0) is 83.7. The molecular weight excluding hydrogens is 1450 g/mol. The van der Waals surface area contributed by atoms with E-state index in [0.717, 1.165) is 0 Å². The largest absolute Gasteiger partial charge is 0.459 e. The lowest BCUT2D eigenvalue weighted by Gasteiger charge is -2.50. The van der Waals surface area contributed by atoms with E-state index in [-0.39, 0.29) is 70.0 Å². The van der Waals surface area contributed by atoms with Crippen LogP contribution in [-0.4, -0.2) is 328 Å². The molecule has 6 rings (SSSR count). The Morgan fingerprint density at radius 1 is 0.495 bits per heavy atom. The molecule has 6 heterocycles. The first-order chi connectivity index (χ1) is 51.6. The van der Waals surface area contributed by atoms with Gasteiger partial charge in [0.05, 0.1) is 120 Å². The fraction of sp³-hybridized carbons (Fsp3) is 0.949. The van der Waals surface area contributed by atoms with Crippen LogP contribution in [0.1, 0.15) is 190 Å². The number of methoxy groups -OCH3 is 4. The Kier molecular flexibility index (Phi) is 35.4. The van der Waals surface area contributed by atoms with E-state index >= 15 is 0 Å². The highest BCUT2D eigenvalue weighted by Crippen LogP contribution is 2.45. The van der Waals surface area contributed by atoms with Gasteiger partial charge in [-0.1, -0.05) is 65.7 Å². The molecule has 6 saturated heterocycles. The number of cyclic esters (lactones) is 2. The Bertz CT molecular complexity index is 2940. The van der Waals surface area contributed by atoms with E-state index in [2.05, 4.69) is 10.3 Å². The van der Waals surface area contributed by atoms with Gasteiger partial charge in [-0.15, -0.1) is 0 Å². The lowest BCUT2D eigenvalue weighted by Crippen LogP contribution is -2.62. The van der Waals surface area contributed by atoms with Crippen LogP contribution in [0.2, 0.25) is 0 Å². The van der Waals surface area contributed by atoms with E-state index in [1.54, 1.807) is 104 Å². The first-order valence-electron chi connectivity index (χ1n) is 40.1. The van der Waals surface area contributed by atoms with Crippen LogP contribution < -0.4 is 0 Å². The zero-order valence-electron chi connectivity index (χ0n) is 71.1. The van der Waals surface area contributed by atoms with Crippen LogP contribution in [-0.2, 0) is 85.5 Å². The summed E-state index contributed by atoms with van der Waals surface area (Å²) < 4.78 is 95.3. The predicted octanol–water partition coefficient (Wildman–Crippen LogP) is 4.66. The summed E-state index contributed by atoms with van der Waals surface area (Å²) in [6, 6.07) is -1.28. The summed E-state index contributed by atoms with van der Waals surface area (Å²) >= 11 is 0. The number of hydrogen-bond donors (Lipinski definition) is 10. The van der Waals surface area contributed by atoms with Crippen molar-refractivity contribution in [1.82, 2.24) is 9.80 Å². The molecule has 6 fully saturated rings. The van der Waals surface area contributed by atoms with Crippen molar-refractivity contribution in [2.45, 2.75) is 358 Å². The summed E-state index contributed by atoms with van der Waals surface area (Å²) in [5, 5.41) is 129. The van der Waals surface area contributed by atoms with Gasteiger partial charge in [-0.05, 0) is 136 Å². The Balaban J connectivity index is 1.35. The zero-order valence-corrected chi connectivity index (χ0v) is 71.1. The van der Waals surface area contributed by atoms with Crippen LogP contribution in [0.3, 0.4) is 0 Å². The van der Waals surface area contributed by atoms with Crippen LogP contribution in [0.5, 0.6) is 0 Å². The number of nitrogens with zero attached hydrogens (tertiary/aromatic N) is 4. The van der Waals surface area contributed by atoms with Crippen molar-refractivity contribution in [3.05, 3.63) is 0 Å². The molecule has 16 unspecified atom stereocenters. The molecule has 10 N–H and O–H groups in total. The maximum Gasteiger partial charge on any atom is 0.311 e. The van der Waals surface area contributed by atoms with Gasteiger partial charge in [-0.2, -0.15) is 0 Å². The average molecular weight is 1600 g/mol. The third-order valence-corrected chi connectivity index (χ3v) is 25.6. The third kappa shape index (κ3) is 22.5. The van der Waals surface area contributed by atoms with Crippen molar-refractivity contribution < 1.29 is 137 Å². The molecule has 32 nitrogen and oxygen atoms in total. The fourth-order valence-corrected chi connectivity index (χ4v) is 18.2. The first kappa shape index (κ1) is 96.8. The Morgan fingerprint density at radius 2 is 0.892 bits per heavy atom. The molecule has 0 saturated carbocycles. The number of aliphatic hydroxyl groups is 9. The van der Waals surface area contributed by atoms with E-state index in [1.165, 1.54) is 42.3 Å². The third-order valence-electron chi connectivity index (χ3n) is 25.6. The van der Waals surface area contributed by atoms with E-state index in [0.29, 0.717) is 25.9 Å². The maximum atomic E-state index is 14.9. The molecule has 6 aliphatic rings. The molecule has 0 amide bonds. The number of hydrogen-bond acceptors (Lipinski definition) is 32. The summed E-state index contributed by atoms with van der Waals surface area (Å²) in [6.07, 6.45) is -22.4. The van der Waals surface area contributed by atoms with Crippen molar-refractivity contribution in [3.8, 4) is 0 Å². The highest BCUT2D eigenvalue weighted by Gasteiger charge is 2.58. The number of carbonyl (C=O) groups is 2. The molecule has 0 aromatic rings. The predicted molar refractivity (Wildman–Crippen MR) is 406 cm³/mol. The van der Waals surface area contributed by atoms with Crippen molar-refractivity contribution in [3.63, 3.8) is 0 Å². The minimum Gasteiger partial charge on any atom is -0.459 e. The number of rotatable bonds is 24. The average Bonchev–Trinajstić information content (AvgIpc) is 0.772. The molecule has 0 aromatic heterocycles. The second-order valence-corrected chi connectivity index (χ2v) is 34.5. The van der Waals surface area contributed by atoms with Gasteiger partial charge in [0.25, 0.3) is 0 Å². The van der Waals surface area contributed by atoms with Crippen LogP contribution in [0.15, 0.2) is 10.3 Å². The first-order valence-corrected chi connectivity index (χ1v) is 40.1. The van der Waals surface area contributed by atoms with E-state index < -0.39 is 228 Å². The summed E-state index contributed by atoms with van der Waals surface area (Å²) in [4.78, 5) is 39.4. The van der Waals surface area contributed by atoms with Gasteiger partial charge in [-0.3, -0.25) is 19.4 Å². The summed E-state index contributed by atoms with van der Waals surface area (Å²) in [6.45, 7) is 34.4. The maximum absolute atomic E-state index is 14.9. The van der Waals surface area contributed by atoms with Gasteiger partial charge in [0.1, 0.15) is 47.8 Å². The monoisotopic (exact) mass is 1600 g/mol. The fourth-order valence-electron chi connectivity index (χ4n) is 18.2. The van der Waals surface area contributed by atoms with Gasteiger partial charge in [0.15, 0.2) is 25.2 Å². The Morgan fingerprint density at radius 3 is 1.29 bits per heavy atom. The minimum absolute atomic E-state index is 0.00375. The number of aliphatic hydroxyl groups excluding tert-OH is 6. The summed E-state index contributed by atoms with van der Waals surface area (Å²) in [5.41, 5.74) is -9.46. The number of esters is 2. The molecule has 36 atom stereocenters. The second-order valence-electron chi connectivity index (χ2n) is 34.5. The SMILES string of the molecule is CC[C@H]1OC(=O)[C@H](C)[C@@H](OC2CC(C)(OC)C(O)C(C)O2)[C@H](C)[C@@H](OC2OC(C)CC(N(C)CCN(C)C3CC(C)OC(O[C@@H]4[C@@H](C)[C@H](OC5CC(C)(OC)C(O)C(C)O5)[C@@H](C)C(=O)O[C@H](CC)[C@@](C)(O)[C@H](O)[C@@H](C)/C(=N/O)[C@H](C)C[C@]4(C)OC)C3O)C2O)[C@@](C)(O)C[C@@H](C)/C(=N\OCOCCOC)[C@H](C)[C@@H](O)[C@]1(C)O. The molecule has 0 bridgehead atoms. The Labute approximate surface area is 658 Å². The quantitative estimate of drug-likeness (QED) is 0.0206. The molecule has 111 heavy (non-hydrogen) atoms. The van der Waals surface area contributed by atoms with Crippen LogP contribution >= 0.6 is 0 Å². The van der Waals surface area contributed by atoms with Gasteiger partial charge >= 0.3 is 11.9 Å². The van der Waals surface area contributed by atoms with E-state index in [1.807, 2.05) is 44.7 Å². The number of ether oxygens (including phenoxy) is 15. The lowest BCUT2D eigenvalue weighted by molar-refractivity contribution is -0.320. The van der Waals surface area contributed by atoms with Crippen LogP contribution in [0.4, 0.5) is 0 Å². The topological polar surface area (TPSA) is 415 Å². The van der Waals surface area contributed by atoms with Crippen molar-refractivity contribution >= 4 is 23.4 Å². The summed E-state index contributed by atoms with van der Waals surface area (Å²) in [7, 11) is 9.68. The molecule has 0 aliphatic carbocycles. The molecule has 0 aromatic carbocycles. The minimum atomic E-state index is -2.07. The van der Waals surface area contributed by atoms with Gasteiger partial charge in [0.2, 0.25) is 6.79 Å². The van der Waals surface area contributed by atoms with Crippen molar-refractivity contribution in [2.75, 3.05) is 75.6 Å². The molecular formula is C79H144N4O28. The number of carbonyl (C=O) groups excluding carboxylic acids is 2. The normalized spacial score (nSPS) is 47.5. The summed E-state index contributed by atoms with van der Waals surface area (Å²) in [5.74, 6) is -9.25. The standard InChI is InChI=1S/C79H144N4O28/c1-27-54-78(19,93)64(86)44(7)58(80-95)41(4)36-77(18,99-26)69(47(10)63(49(12)71(91)106-54)109-57-38-76(17,98-25)67(89)51(14)105-57)111-73-61(85)53(34-43(6)103-73)83(22)30-29-82(21)52-33-42(5)102-72(60(52)84)110-68-46(9)62(108-56-37-75(16,97-24)66(88)50(13)104-56)48(11)70(90)107-55(28-2)79(20,94)65(87)45(8)59(40(3)35-74(68,15)92)81-101-39-100-32-31-96-23/h40-57,60-69,72-73,84-89,92-95H,27-39H2,1-26H3/b80-58+,81-59+/t40-,41-,42?,43?,44+,45+,46+,47+,48-,49-,50?,51?,52?,53?,54-,55-,56?,57?,60?,61?,62+,63+,64-,65-,66?,67?,68-,69-,72?,73?,74+,75?,76?,77+,78-,79-/m1/s1. The highest BCUT2D eigenvalue weighted by molar-refractivity contribution is 5.89. The van der Waals surface area contributed by atoms with Crippen LogP contribution in [0.25, 0.3) is 0 Å². The molecule has 648 valence electrons. The number of oxime groups is 2. The van der Waals surface area contributed by atoms with Gasteiger partial charge in [0, 0.05) is 102 Å². The number of likely N-dealkylation sites (N-methyl/N-ethyl adjacent to an activating group) is 2.